The monoisotopic (exact) mass is 347 g/mol. The fraction of sp³-hybridized carbons (Fsp3) is 0.471. The number of hydrogen-bond acceptors (Lipinski definition) is 4. The van der Waals surface area contributed by atoms with Gasteiger partial charge in [0.15, 0.2) is 0 Å². The van der Waals surface area contributed by atoms with Crippen LogP contribution in [0.2, 0.25) is 0 Å². The summed E-state index contributed by atoms with van der Waals surface area (Å²) < 4.78 is 0. The van der Waals surface area contributed by atoms with Crippen molar-refractivity contribution in [2.24, 2.45) is 11.7 Å². The number of carbonyl (C=O) groups is 3. The molecule has 136 valence electrons. The standard InChI is InChI=1S/C17H25N5O3/c1-11(2)15(18)16(24)20-10-14(23)21-12-5-3-6-13(9-12)22-8-4-7-19-17(22)25/h3,5-6,9,11,15H,4,7-8,10,18H2,1-2H3,(H,19,25)(H,20,24)(H,21,23)/t15-/m0/s1. The van der Waals surface area contributed by atoms with Crippen LogP contribution in [0.3, 0.4) is 0 Å². The normalized spacial score (nSPS) is 15.5. The van der Waals surface area contributed by atoms with Crippen LogP contribution in [0.25, 0.3) is 0 Å². The van der Waals surface area contributed by atoms with E-state index in [1.807, 2.05) is 19.9 Å². The van der Waals surface area contributed by atoms with Gasteiger partial charge in [0.2, 0.25) is 11.8 Å². The number of nitrogens with one attached hydrogen (secondary N) is 3. The van der Waals surface area contributed by atoms with Crippen LogP contribution in [0, 0.1) is 5.92 Å². The molecule has 1 saturated heterocycles. The number of anilines is 2. The first-order chi connectivity index (χ1) is 11.9. The minimum atomic E-state index is -0.645. The van der Waals surface area contributed by atoms with Crippen LogP contribution in [0.1, 0.15) is 20.3 Å². The molecule has 0 unspecified atom stereocenters. The molecule has 0 aliphatic carbocycles. The zero-order valence-corrected chi connectivity index (χ0v) is 14.5. The highest BCUT2D eigenvalue weighted by Crippen LogP contribution is 2.21. The van der Waals surface area contributed by atoms with Gasteiger partial charge in [-0.25, -0.2) is 4.79 Å². The van der Waals surface area contributed by atoms with Crippen LogP contribution in [0.15, 0.2) is 24.3 Å². The van der Waals surface area contributed by atoms with Gasteiger partial charge >= 0.3 is 6.03 Å². The molecule has 1 atom stereocenters. The van der Waals surface area contributed by atoms with E-state index >= 15 is 0 Å². The first-order valence-electron chi connectivity index (χ1n) is 8.37. The van der Waals surface area contributed by atoms with Gasteiger partial charge < -0.3 is 21.7 Å². The number of urea groups is 1. The van der Waals surface area contributed by atoms with E-state index in [1.54, 1.807) is 23.1 Å². The Labute approximate surface area is 147 Å². The highest BCUT2D eigenvalue weighted by molar-refractivity contribution is 5.97. The number of hydrogen-bond donors (Lipinski definition) is 4. The summed E-state index contributed by atoms with van der Waals surface area (Å²) in [6.45, 7) is 4.82. The van der Waals surface area contributed by atoms with Crippen molar-refractivity contribution in [3.8, 4) is 0 Å². The van der Waals surface area contributed by atoms with E-state index in [2.05, 4.69) is 16.0 Å². The molecule has 4 amide bonds. The lowest BCUT2D eigenvalue weighted by Gasteiger charge is -2.27. The van der Waals surface area contributed by atoms with Crippen molar-refractivity contribution in [2.75, 3.05) is 29.9 Å². The zero-order valence-electron chi connectivity index (χ0n) is 14.5. The maximum Gasteiger partial charge on any atom is 0.321 e. The fourth-order valence-electron chi connectivity index (χ4n) is 2.42. The van der Waals surface area contributed by atoms with Crippen molar-refractivity contribution in [3.63, 3.8) is 0 Å². The quantitative estimate of drug-likeness (QED) is 0.604. The Morgan fingerprint density at radius 2 is 2.12 bits per heavy atom. The second-order valence-corrected chi connectivity index (χ2v) is 6.32. The van der Waals surface area contributed by atoms with E-state index in [1.165, 1.54) is 0 Å². The molecule has 25 heavy (non-hydrogen) atoms. The first-order valence-corrected chi connectivity index (χ1v) is 8.37. The molecule has 0 radical (unpaired) electrons. The highest BCUT2D eigenvalue weighted by Gasteiger charge is 2.20. The Hall–Kier alpha value is -2.61. The minimum Gasteiger partial charge on any atom is -0.346 e. The number of benzene rings is 1. The maximum absolute atomic E-state index is 12.0. The third-order valence-corrected chi connectivity index (χ3v) is 3.97. The SMILES string of the molecule is CC(C)[C@H](N)C(=O)NCC(=O)Nc1cccc(N2CCCNC2=O)c1. The molecule has 1 heterocycles. The van der Waals surface area contributed by atoms with Crippen molar-refractivity contribution in [2.45, 2.75) is 26.3 Å². The van der Waals surface area contributed by atoms with Gasteiger partial charge in [-0.3, -0.25) is 14.5 Å². The van der Waals surface area contributed by atoms with Crippen LogP contribution < -0.4 is 26.6 Å². The number of amides is 4. The lowest BCUT2D eigenvalue weighted by molar-refractivity contribution is -0.125. The summed E-state index contributed by atoms with van der Waals surface area (Å²) in [6, 6.07) is 6.23. The third-order valence-electron chi connectivity index (χ3n) is 3.97. The summed E-state index contributed by atoms with van der Waals surface area (Å²) in [5.74, 6) is -0.719. The van der Waals surface area contributed by atoms with E-state index in [-0.39, 0.29) is 30.3 Å². The molecule has 8 heteroatoms. The molecule has 1 aliphatic heterocycles. The Morgan fingerprint density at radius 3 is 2.80 bits per heavy atom. The van der Waals surface area contributed by atoms with Gasteiger partial charge in [-0.1, -0.05) is 19.9 Å². The third kappa shape index (κ3) is 5.18. The van der Waals surface area contributed by atoms with E-state index in [0.717, 1.165) is 6.42 Å². The second kappa shape index (κ2) is 8.48. The molecule has 0 saturated carbocycles. The smallest absolute Gasteiger partial charge is 0.321 e. The summed E-state index contributed by atoms with van der Waals surface area (Å²) in [6.07, 6.45) is 0.866. The molecule has 8 nitrogen and oxygen atoms in total. The van der Waals surface area contributed by atoms with Crippen LogP contribution in [0.5, 0.6) is 0 Å². The predicted octanol–water partition coefficient (Wildman–Crippen LogP) is 0.644. The van der Waals surface area contributed by atoms with Crippen LogP contribution >= 0.6 is 0 Å². The summed E-state index contributed by atoms with van der Waals surface area (Å²) in [4.78, 5) is 37.3. The summed E-state index contributed by atoms with van der Waals surface area (Å²) in [7, 11) is 0. The Morgan fingerprint density at radius 1 is 1.36 bits per heavy atom. The Kier molecular flexibility index (Phi) is 6.35. The lowest BCUT2D eigenvalue weighted by atomic mass is 10.1. The predicted molar refractivity (Wildman–Crippen MR) is 96.3 cm³/mol. The van der Waals surface area contributed by atoms with Crippen molar-refractivity contribution in [1.29, 1.82) is 0 Å². The number of nitrogens with two attached hydrogens (primary N) is 1. The molecular formula is C17H25N5O3. The molecule has 2 rings (SSSR count). The number of nitrogens with zero attached hydrogens (tertiary/aromatic N) is 1. The Bertz CT molecular complexity index is 647. The van der Waals surface area contributed by atoms with Gasteiger partial charge in [0, 0.05) is 24.5 Å². The van der Waals surface area contributed by atoms with E-state index in [0.29, 0.717) is 24.5 Å². The van der Waals surface area contributed by atoms with Crippen LogP contribution in [-0.4, -0.2) is 43.5 Å². The Balaban J connectivity index is 1.92. The molecule has 1 fully saturated rings. The molecule has 1 aromatic carbocycles. The summed E-state index contributed by atoms with van der Waals surface area (Å²) >= 11 is 0. The van der Waals surface area contributed by atoms with Gasteiger partial charge in [-0.05, 0) is 30.5 Å². The average molecular weight is 347 g/mol. The van der Waals surface area contributed by atoms with E-state index in [9.17, 15) is 14.4 Å². The second-order valence-electron chi connectivity index (χ2n) is 6.32. The number of rotatable bonds is 6. The molecule has 0 bridgehead atoms. The largest absolute Gasteiger partial charge is 0.346 e. The maximum atomic E-state index is 12.0. The van der Waals surface area contributed by atoms with Gasteiger partial charge in [-0.2, -0.15) is 0 Å². The molecule has 1 aliphatic rings. The van der Waals surface area contributed by atoms with Crippen molar-refractivity contribution in [1.82, 2.24) is 10.6 Å². The van der Waals surface area contributed by atoms with Crippen molar-refractivity contribution >= 4 is 29.2 Å². The molecule has 5 N–H and O–H groups in total. The van der Waals surface area contributed by atoms with Crippen molar-refractivity contribution in [3.05, 3.63) is 24.3 Å². The topological polar surface area (TPSA) is 117 Å². The molecule has 1 aromatic rings. The summed E-state index contributed by atoms with van der Waals surface area (Å²) in [5.41, 5.74) is 6.99. The minimum absolute atomic E-state index is 0.00423. The number of carbonyl (C=O) groups excluding carboxylic acids is 3. The van der Waals surface area contributed by atoms with Crippen LogP contribution in [-0.2, 0) is 9.59 Å². The van der Waals surface area contributed by atoms with Crippen LogP contribution in [0.4, 0.5) is 16.2 Å². The molecule has 0 aromatic heterocycles. The lowest BCUT2D eigenvalue weighted by Crippen LogP contribution is -2.46. The van der Waals surface area contributed by atoms with Gasteiger partial charge in [0.25, 0.3) is 0 Å². The highest BCUT2D eigenvalue weighted by atomic mass is 16.2. The fourth-order valence-corrected chi connectivity index (χ4v) is 2.42. The zero-order chi connectivity index (χ0) is 18.4. The molecule has 0 spiro atoms. The van der Waals surface area contributed by atoms with Gasteiger partial charge in [0.05, 0.1) is 12.6 Å². The van der Waals surface area contributed by atoms with E-state index < -0.39 is 6.04 Å². The first kappa shape index (κ1) is 18.7. The van der Waals surface area contributed by atoms with Gasteiger partial charge in [0.1, 0.15) is 0 Å². The average Bonchev–Trinajstić information content (AvgIpc) is 2.59. The van der Waals surface area contributed by atoms with E-state index in [4.69, 9.17) is 5.73 Å². The van der Waals surface area contributed by atoms with Crippen molar-refractivity contribution < 1.29 is 14.4 Å². The summed E-state index contributed by atoms with van der Waals surface area (Å²) in [5, 5.41) is 8.01. The van der Waals surface area contributed by atoms with Gasteiger partial charge in [-0.15, -0.1) is 0 Å². The molecular weight excluding hydrogens is 322 g/mol.